The number of allylic oxidation sites excluding steroid dienone is 2. The molecule has 15 heavy (non-hydrogen) atoms. The molecule has 0 aliphatic heterocycles. The van der Waals surface area contributed by atoms with Crippen LogP contribution < -0.4 is 0 Å². The fourth-order valence-corrected chi connectivity index (χ4v) is 2.03. The average Bonchev–Trinajstić information content (AvgIpc) is 1.98. The maximum atomic E-state index is 10.9. The third kappa shape index (κ3) is 8.72. The van der Waals surface area contributed by atoms with Crippen LogP contribution in [-0.4, -0.2) is 21.3 Å². The Morgan fingerprint density at radius 2 is 1.93 bits per heavy atom. The third-order valence-corrected chi connectivity index (χ3v) is 3.33. The Hall–Kier alpha value is -0.260. The van der Waals surface area contributed by atoms with E-state index in [1.165, 1.54) is 12.2 Å². The first-order valence-corrected chi connectivity index (χ1v) is 6.72. The van der Waals surface area contributed by atoms with Crippen LogP contribution in [0.25, 0.3) is 0 Å². The molecule has 88 valence electrons. The predicted molar refractivity (Wildman–Crippen MR) is 52.9 cm³/mol. The van der Waals surface area contributed by atoms with Crippen molar-refractivity contribution in [1.29, 1.82) is 0 Å². The van der Waals surface area contributed by atoms with E-state index in [9.17, 15) is 9.13 Å². The molecule has 0 amide bonds. The van der Waals surface area contributed by atoms with E-state index in [4.69, 9.17) is 14.7 Å². The van der Waals surface area contributed by atoms with Gasteiger partial charge >= 0.3 is 15.6 Å². The van der Waals surface area contributed by atoms with Crippen molar-refractivity contribution in [3.63, 3.8) is 0 Å². The van der Waals surface area contributed by atoms with Gasteiger partial charge in [0, 0.05) is 0 Å². The Bertz CT molecular complexity index is 341. The van der Waals surface area contributed by atoms with Crippen LogP contribution in [0.5, 0.6) is 0 Å². The summed E-state index contributed by atoms with van der Waals surface area (Å²) in [5.41, 5.74) is 0.686. The first-order valence-electron chi connectivity index (χ1n) is 3.70. The number of phosphoric ester groups is 1. The van der Waals surface area contributed by atoms with Gasteiger partial charge in [-0.1, -0.05) is 24.3 Å². The van der Waals surface area contributed by atoms with Crippen LogP contribution in [0.1, 0.15) is 6.92 Å². The molecule has 1 atom stereocenters. The van der Waals surface area contributed by atoms with E-state index in [0.29, 0.717) is 5.57 Å². The summed E-state index contributed by atoms with van der Waals surface area (Å²) in [7, 11) is -9.76. The van der Waals surface area contributed by atoms with Gasteiger partial charge in [0.15, 0.2) is 0 Å². The van der Waals surface area contributed by atoms with Gasteiger partial charge < -0.3 is 14.7 Å². The van der Waals surface area contributed by atoms with Crippen molar-refractivity contribution in [1.82, 2.24) is 0 Å². The minimum absolute atomic E-state index is 0.314. The highest BCUT2D eigenvalue weighted by Gasteiger charge is 2.31. The first-order chi connectivity index (χ1) is 6.66. The van der Waals surface area contributed by atoms with E-state index in [1.807, 2.05) is 0 Å². The molecular weight excluding hydrogens is 246 g/mol. The van der Waals surface area contributed by atoms with E-state index in [0.717, 1.165) is 0 Å². The molecule has 0 aromatic rings. The van der Waals surface area contributed by atoms with Gasteiger partial charge in [-0.25, -0.2) is 9.13 Å². The summed E-state index contributed by atoms with van der Waals surface area (Å²) >= 11 is 0. The number of hydrogen-bond donors (Lipinski definition) is 3. The predicted octanol–water partition coefficient (Wildman–Crippen LogP) is 1.34. The maximum absolute atomic E-state index is 10.9. The van der Waals surface area contributed by atoms with Gasteiger partial charge in [0.25, 0.3) is 0 Å². The van der Waals surface area contributed by atoms with Crippen molar-refractivity contribution in [2.24, 2.45) is 0 Å². The van der Waals surface area contributed by atoms with Crippen molar-refractivity contribution in [2.45, 2.75) is 6.92 Å². The molecule has 9 heteroatoms. The van der Waals surface area contributed by atoms with E-state index in [1.54, 1.807) is 6.92 Å². The summed E-state index contributed by atoms with van der Waals surface area (Å²) in [6, 6.07) is 0. The molecule has 0 bridgehead atoms. The lowest BCUT2D eigenvalue weighted by Gasteiger charge is -2.10. The monoisotopic (exact) mass is 258 g/mol. The first kappa shape index (κ1) is 14.7. The zero-order valence-electron chi connectivity index (χ0n) is 7.94. The van der Waals surface area contributed by atoms with Crippen molar-refractivity contribution in [2.75, 3.05) is 6.61 Å². The number of hydrogen-bond acceptors (Lipinski definition) is 4. The van der Waals surface area contributed by atoms with Crippen LogP contribution in [0.3, 0.4) is 0 Å². The van der Waals surface area contributed by atoms with Crippen molar-refractivity contribution in [3.05, 3.63) is 24.3 Å². The van der Waals surface area contributed by atoms with Crippen LogP contribution >= 0.6 is 15.6 Å². The Morgan fingerprint density at radius 1 is 1.40 bits per heavy atom. The molecule has 0 aromatic heterocycles. The summed E-state index contributed by atoms with van der Waals surface area (Å²) in [5.74, 6) is 0. The highest BCUT2D eigenvalue weighted by Crippen LogP contribution is 2.57. The summed E-state index contributed by atoms with van der Waals surface area (Å²) < 4.78 is 28.9. The number of rotatable bonds is 6. The quantitative estimate of drug-likeness (QED) is 0.486. The topological polar surface area (TPSA) is 113 Å². The average molecular weight is 258 g/mol. The summed E-state index contributed by atoms with van der Waals surface area (Å²) in [6.45, 7) is 4.78. The van der Waals surface area contributed by atoms with Gasteiger partial charge in [-0.15, -0.1) is 0 Å². The zero-order valence-corrected chi connectivity index (χ0v) is 9.73. The third-order valence-electron chi connectivity index (χ3n) is 1.17. The Kier molecular flexibility index (Phi) is 5.62. The van der Waals surface area contributed by atoms with E-state index in [-0.39, 0.29) is 6.61 Å². The lowest BCUT2D eigenvalue weighted by molar-refractivity contribution is 0.191. The second-order valence-electron chi connectivity index (χ2n) is 2.49. The molecule has 0 radical (unpaired) electrons. The molecule has 0 saturated heterocycles. The molecule has 0 aliphatic carbocycles. The second-order valence-corrected chi connectivity index (χ2v) is 5.32. The smallest absolute Gasteiger partial charge is 0.302 e. The second kappa shape index (κ2) is 5.72. The fourth-order valence-electron chi connectivity index (χ4n) is 0.504. The van der Waals surface area contributed by atoms with Crippen LogP contribution in [0.15, 0.2) is 24.3 Å². The summed E-state index contributed by atoms with van der Waals surface area (Å²) in [5, 5.41) is 0. The lowest BCUT2D eigenvalue weighted by Crippen LogP contribution is -1.94. The van der Waals surface area contributed by atoms with Gasteiger partial charge in [-0.2, -0.15) is 4.31 Å². The summed E-state index contributed by atoms with van der Waals surface area (Å²) in [4.78, 5) is 25.3. The lowest BCUT2D eigenvalue weighted by atomic mass is 10.3. The molecule has 0 saturated carbocycles. The van der Waals surface area contributed by atoms with E-state index < -0.39 is 15.6 Å². The number of phosphoric acid groups is 2. The Morgan fingerprint density at radius 3 is 2.33 bits per heavy atom. The van der Waals surface area contributed by atoms with Crippen molar-refractivity contribution < 1.29 is 32.6 Å². The minimum atomic E-state index is -5.04. The van der Waals surface area contributed by atoms with Crippen LogP contribution in [0.2, 0.25) is 0 Å². The molecule has 0 rings (SSSR count). The molecule has 1 unspecified atom stereocenters. The Balaban J connectivity index is 4.23. The summed E-state index contributed by atoms with van der Waals surface area (Å²) in [6.07, 6.45) is 2.88. The fraction of sp³-hybridized carbons (Fsp3) is 0.333. The van der Waals surface area contributed by atoms with Crippen molar-refractivity contribution in [3.8, 4) is 0 Å². The van der Waals surface area contributed by atoms with Gasteiger partial charge in [-0.3, -0.25) is 4.52 Å². The highest BCUT2D eigenvalue weighted by molar-refractivity contribution is 7.60. The molecule has 0 heterocycles. The molecular formula is C6H12O7P2. The Labute approximate surface area is 86.9 Å². The van der Waals surface area contributed by atoms with Gasteiger partial charge in [0.1, 0.15) is 0 Å². The standard InChI is InChI=1S/C6H12O7P2/c1-3-6(2)4-5-12-15(10,11)13-14(7,8)9/h3-4H,1,5H2,2H3,(H,10,11)(H2,7,8,9)/b6-4-. The van der Waals surface area contributed by atoms with Gasteiger partial charge in [0.05, 0.1) is 6.61 Å². The van der Waals surface area contributed by atoms with Crippen LogP contribution in [0, 0.1) is 0 Å². The van der Waals surface area contributed by atoms with Crippen molar-refractivity contribution >= 4 is 15.6 Å². The minimum Gasteiger partial charge on any atom is -0.302 e. The van der Waals surface area contributed by atoms with Crippen LogP contribution in [0.4, 0.5) is 0 Å². The highest BCUT2D eigenvalue weighted by atomic mass is 31.3. The van der Waals surface area contributed by atoms with E-state index in [2.05, 4.69) is 15.4 Å². The molecule has 3 N–H and O–H groups in total. The molecule has 7 nitrogen and oxygen atoms in total. The van der Waals surface area contributed by atoms with Gasteiger partial charge in [0.2, 0.25) is 0 Å². The molecule has 0 aliphatic rings. The van der Waals surface area contributed by atoms with Gasteiger partial charge in [-0.05, 0) is 6.92 Å². The van der Waals surface area contributed by atoms with Crippen LogP contribution in [-0.2, 0) is 18.0 Å². The zero-order chi connectivity index (χ0) is 12.1. The molecule has 0 aromatic carbocycles. The molecule has 0 fully saturated rings. The largest absolute Gasteiger partial charge is 0.481 e. The van der Waals surface area contributed by atoms with E-state index >= 15 is 0 Å². The normalized spacial score (nSPS) is 17.2. The SMILES string of the molecule is C=C/C(C)=C\COP(=O)(O)OP(=O)(O)O. The maximum Gasteiger partial charge on any atom is 0.481 e. The molecule has 0 spiro atoms.